The minimum absolute atomic E-state index is 0.000712. The van der Waals surface area contributed by atoms with Crippen LogP contribution in [0, 0.1) is 17.9 Å². The summed E-state index contributed by atoms with van der Waals surface area (Å²) in [5.41, 5.74) is 7.54. The van der Waals surface area contributed by atoms with E-state index in [1.165, 1.54) is 73.1 Å². The Morgan fingerprint density at radius 2 is 0.844 bits per heavy atom. The molecule has 10 rings (SSSR count). The summed E-state index contributed by atoms with van der Waals surface area (Å²) in [6.45, 7) is 27.6. The number of nitriles is 1. The van der Waals surface area contributed by atoms with Crippen molar-refractivity contribution < 1.29 is 88.1 Å². The zero-order chi connectivity index (χ0) is 93.3. The summed E-state index contributed by atoms with van der Waals surface area (Å²) < 4.78 is 44.1. The number of aliphatic hydroxyl groups excluding tert-OH is 7. The van der Waals surface area contributed by atoms with Gasteiger partial charge in [0.1, 0.15) is 29.5 Å². The summed E-state index contributed by atoms with van der Waals surface area (Å²) >= 11 is 22.5. The number of thiophene rings is 5. The van der Waals surface area contributed by atoms with Crippen LogP contribution in [0.25, 0.3) is 67.4 Å². The number of benzene rings is 5. The fraction of sp³-hybridized carbons (Fsp3) is 0.468. The van der Waals surface area contributed by atoms with E-state index in [0.717, 1.165) is 125 Å². The van der Waals surface area contributed by atoms with Gasteiger partial charge in [0.25, 0.3) is 5.70 Å². The van der Waals surface area contributed by atoms with Gasteiger partial charge in [-0.1, -0.05) is 71.9 Å². The van der Waals surface area contributed by atoms with Crippen molar-refractivity contribution in [3.05, 3.63) is 174 Å². The highest BCUT2D eigenvalue weighted by atomic mass is 79.9. The minimum atomic E-state index is -0.698. The van der Waals surface area contributed by atoms with Crippen LogP contribution in [0.3, 0.4) is 0 Å². The Hall–Kier alpha value is -7.98. The predicted octanol–water partition coefficient (Wildman–Crippen LogP) is 17.4. The Labute approximate surface area is 790 Å². The summed E-state index contributed by atoms with van der Waals surface area (Å²) in [6, 6.07) is 41.9. The lowest BCUT2D eigenvalue weighted by molar-refractivity contribution is -0.150. The van der Waals surface area contributed by atoms with Crippen molar-refractivity contribution in [1.82, 2.24) is 5.32 Å². The number of carbonyl (C=O) groups is 4. The van der Waals surface area contributed by atoms with E-state index in [1.807, 2.05) is 105 Å². The van der Waals surface area contributed by atoms with Gasteiger partial charge >= 0.3 is 18.0 Å². The molecule has 700 valence electrons. The van der Waals surface area contributed by atoms with E-state index in [2.05, 4.69) is 79.3 Å². The van der Waals surface area contributed by atoms with Crippen molar-refractivity contribution in [1.29, 1.82) is 5.26 Å². The maximum absolute atomic E-state index is 12.3. The summed E-state index contributed by atoms with van der Waals surface area (Å²) in [7, 11) is 0. The first-order valence-corrected chi connectivity index (χ1v) is 48.5. The monoisotopic (exact) mass is 1960 g/mol. The summed E-state index contributed by atoms with van der Waals surface area (Å²) in [6.07, 6.45) is 12.3. The molecule has 5 aromatic carbocycles. The number of amides is 1. The number of alkyl carbamates (subject to hydrolysis) is 1. The lowest BCUT2D eigenvalue weighted by Gasteiger charge is -2.24. The molecule has 0 aliphatic rings. The molecule has 0 bridgehead atoms. The lowest BCUT2D eigenvalue weighted by atomic mass is 10.1. The van der Waals surface area contributed by atoms with E-state index in [4.69, 9.17) is 89.1 Å². The average molecular weight is 1970 g/mol. The fourth-order valence-electron chi connectivity index (χ4n) is 12.1. The van der Waals surface area contributed by atoms with E-state index < -0.39 is 29.2 Å². The highest BCUT2D eigenvalue weighted by Crippen LogP contribution is 2.35. The molecule has 0 unspecified atom stereocenters. The number of fused-ring (bicyclic) bond motifs is 5. The largest absolute Gasteiger partial charge is 0.465 e. The van der Waals surface area contributed by atoms with Crippen molar-refractivity contribution in [2.45, 2.75) is 104 Å². The molecule has 26 nitrogen and oxygen atoms in total. The number of hydrogen-bond donors (Lipinski definition) is 9. The maximum atomic E-state index is 12.3. The summed E-state index contributed by atoms with van der Waals surface area (Å²) in [5, 5.41) is 85.8. The Morgan fingerprint density at radius 1 is 0.469 bits per heavy atom. The number of halogens is 3. The molecule has 0 saturated heterocycles. The number of aliphatic hydroxyl groups is 7. The molecule has 10 aromatic rings. The van der Waals surface area contributed by atoms with Crippen LogP contribution in [0.5, 0.6) is 0 Å². The average Bonchev–Trinajstić information content (AvgIpc) is 1.67. The van der Waals surface area contributed by atoms with E-state index in [1.54, 1.807) is 70.3 Å². The summed E-state index contributed by atoms with van der Waals surface area (Å²) in [5.74, 6) is 0.184. The molecule has 0 saturated carbocycles. The predicted molar refractivity (Wildman–Crippen MR) is 531 cm³/mol. The molecule has 0 aliphatic carbocycles. The second kappa shape index (κ2) is 63.9. The molecule has 0 radical (unpaired) electrons. The molecule has 0 fully saturated rings. The second-order valence-electron chi connectivity index (χ2n) is 30.3. The number of nitrogens with one attached hydrogen (secondary N) is 1. The molecule has 10 N–H and O–H groups in total. The van der Waals surface area contributed by atoms with Crippen molar-refractivity contribution in [3.8, 4) is 6.07 Å². The molecular formula is C94H125BrCl2N8O18S5. The number of anilines is 4. The number of hydrogen-bond acceptors (Lipinski definition) is 29. The topological polar surface area (TPSA) is 354 Å². The molecular weight excluding hydrogens is 1840 g/mol. The van der Waals surface area contributed by atoms with E-state index >= 15 is 0 Å². The van der Waals surface area contributed by atoms with Gasteiger partial charge in [-0.25, -0.2) is 14.4 Å². The van der Waals surface area contributed by atoms with Crippen LogP contribution >= 0.6 is 95.8 Å². The number of carbonyl (C=O) groups excluding carboxylic acids is 4. The van der Waals surface area contributed by atoms with E-state index in [9.17, 15) is 39.8 Å². The SMILES string of the molecule is Brc1ccc2ccsc2c1.CC(C)(C)OC(=O)/C(C#N)=C/c1cc2ccc(N(CCO)CCOC(=O)NCCOCCOCCCCCCCl)cc2s1.NCCOCCOCCCCCCCl.O=Cc1cc2ccc(N(CCO)CCO)cc2s1.OCCN(CCO)c1ccc2ccsc2c1.[C-]#[N+]/C(=C\c1cc2ccc(N(CCO)CCO)cc2s1)C(=O)OC(C)(C)C. The summed E-state index contributed by atoms with van der Waals surface area (Å²) in [4.78, 5) is 60.6. The molecule has 34 heteroatoms. The molecule has 0 spiro atoms. The van der Waals surface area contributed by atoms with Crippen LogP contribution in [-0.2, 0) is 42.7 Å². The molecule has 128 heavy (non-hydrogen) atoms. The van der Waals surface area contributed by atoms with Gasteiger partial charge in [0.15, 0.2) is 6.29 Å². The van der Waals surface area contributed by atoms with Gasteiger partial charge in [0.2, 0.25) is 0 Å². The highest BCUT2D eigenvalue weighted by Gasteiger charge is 2.23. The van der Waals surface area contributed by atoms with Gasteiger partial charge in [-0.05, 0) is 208 Å². The van der Waals surface area contributed by atoms with Gasteiger partial charge in [0, 0.05) is 144 Å². The zero-order valence-corrected chi connectivity index (χ0v) is 81.1. The smallest absolute Gasteiger partial charge is 0.407 e. The Balaban J connectivity index is 0.000000292. The number of nitrogens with zero attached hydrogens (tertiary/aromatic N) is 6. The van der Waals surface area contributed by atoms with Crippen molar-refractivity contribution in [2.75, 3.05) is 203 Å². The van der Waals surface area contributed by atoms with Crippen LogP contribution in [0.1, 0.15) is 112 Å². The van der Waals surface area contributed by atoms with Gasteiger partial charge < -0.3 is 99.6 Å². The molecule has 1 amide bonds. The number of unbranched alkanes of at least 4 members (excludes halogenated alkanes) is 6. The van der Waals surface area contributed by atoms with Gasteiger partial charge in [0.05, 0.1) is 104 Å². The Bertz CT molecular complexity index is 4970. The Morgan fingerprint density at radius 3 is 1.26 bits per heavy atom. The van der Waals surface area contributed by atoms with Crippen LogP contribution in [-0.4, -0.2) is 254 Å². The number of alkyl halides is 2. The van der Waals surface area contributed by atoms with Gasteiger partial charge in [-0.15, -0.1) is 79.9 Å². The first kappa shape index (κ1) is 111. The third kappa shape index (κ3) is 43.4. The number of ether oxygens (including phenoxy) is 7. The molecule has 5 heterocycles. The van der Waals surface area contributed by atoms with Crippen LogP contribution in [0.15, 0.2) is 148 Å². The first-order chi connectivity index (χ1) is 61.8. The molecule has 0 atom stereocenters. The third-order valence-corrected chi connectivity index (χ3v) is 24.0. The van der Waals surface area contributed by atoms with Crippen LogP contribution < -0.4 is 30.7 Å². The standard InChI is InChI=1S/C31H44ClN3O7S.C20H24N2O4S.C13H15NO3S.C12H15NO2S.C10H22ClNO2.C8H5BrS/c1-31(2,3)42-29(37)25(23-33)21-27-20-24-8-9-26(22-28(24)43-27)35(12-14-36)13-17-41-30(38)34-11-16-40-19-18-39-15-7-5-4-6-10-32;1-20(2,3)26-19(25)17(21-4)13-16-11-14-5-6-15(12-18(14)27-16)22(7-9-23)8-10-24;15-5-3-14(4-6-16)11-2-1-10-7-12(9-17)18-13(10)8-11;14-6-4-13(5-7-15)11-2-1-10-3-8-16-12(10)9-11;11-5-3-1-2-4-7-13-9-10-14-8-6-12;9-7-2-1-6-3-4-10-8(6)5-7/h8-9,20-22,36H,4-7,10-19H2,1-3H3,(H,34,38);5-6,11-13,23-24H,7-10H2,1-3H3;1-2,7-9,15-16H,3-6H2;1-3,8-9,14-15H,4-7H2;1-10,12H2;1-5H/b25-21+;17-13-;;;;. The van der Waals surface area contributed by atoms with Gasteiger partial charge in [-0.3, -0.25) is 9.59 Å². The minimum Gasteiger partial charge on any atom is -0.465 e. The molecule has 5 aromatic heterocycles. The first-order valence-electron chi connectivity index (χ1n) is 42.5. The zero-order valence-electron chi connectivity index (χ0n) is 73.9. The van der Waals surface area contributed by atoms with E-state index in [-0.39, 0.29) is 64.1 Å². The number of aldehydes is 1. The van der Waals surface area contributed by atoms with Crippen LogP contribution in [0.4, 0.5) is 27.5 Å². The number of esters is 2. The number of nitrogens with two attached hydrogens (primary N) is 1. The van der Waals surface area contributed by atoms with Crippen molar-refractivity contribution in [3.63, 3.8) is 0 Å². The maximum Gasteiger partial charge on any atom is 0.407 e. The highest BCUT2D eigenvalue weighted by molar-refractivity contribution is 9.10. The lowest BCUT2D eigenvalue weighted by Crippen LogP contribution is -2.34. The molecule has 0 aliphatic heterocycles. The Kier molecular flexibility index (Phi) is 55.2. The van der Waals surface area contributed by atoms with Crippen molar-refractivity contribution >= 4 is 205 Å². The van der Waals surface area contributed by atoms with Crippen LogP contribution in [0.2, 0.25) is 0 Å². The quantitative estimate of drug-likeness (QED) is 0.00250. The third-order valence-electron chi connectivity index (χ3n) is 18.1. The second-order valence-corrected chi connectivity index (χ2v) is 37.2. The fourth-order valence-corrected chi connectivity index (χ4v) is 17.6. The normalized spacial score (nSPS) is 11.4. The van der Waals surface area contributed by atoms with E-state index in [0.29, 0.717) is 122 Å². The van der Waals surface area contributed by atoms with Gasteiger partial charge in [-0.2, -0.15) is 5.26 Å². The van der Waals surface area contributed by atoms with Crippen molar-refractivity contribution in [2.24, 2.45) is 5.73 Å². The number of rotatable bonds is 49.